The van der Waals surface area contributed by atoms with Crippen molar-refractivity contribution in [1.82, 2.24) is 4.98 Å². The van der Waals surface area contributed by atoms with Crippen LogP contribution in [0.1, 0.15) is 36.0 Å². The predicted octanol–water partition coefficient (Wildman–Crippen LogP) is 5.85. The molecule has 1 unspecified atom stereocenters. The number of aryl methyl sites for hydroxylation is 1. The molecule has 0 radical (unpaired) electrons. The summed E-state index contributed by atoms with van der Waals surface area (Å²) in [5.41, 5.74) is 6.54. The summed E-state index contributed by atoms with van der Waals surface area (Å²) in [6.07, 6.45) is 8.54. The van der Waals surface area contributed by atoms with Gasteiger partial charge in [-0.25, -0.2) is 13.4 Å². The van der Waals surface area contributed by atoms with Crippen molar-refractivity contribution >= 4 is 38.8 Å². The van der Waals surface area contributed by atoms with E-state index in [1.807, 2.05) is 67.7 Å². The molecule has 2 N–H and O–H groups in total. The highest BCUT2D eigenvalue weighted by molar-refractivity contribution is 7.85. The zero-order valence-corrected chi connectivity index (χ0v) is 23.9. The summed E-state index contributed by atoms with van der Waals surface area (Å²) in [5, 5.41) is 1.02. The second-order valence-corrected chi connectivity index (χ2v) is 12.7. The fourth-order valence-corrected chi connectivity index (χ4v) is 6.82. The summed E-state index contributed by atoms with van der Waals surface area (Å²) in [5.74, 6) is 7.94. The smallest absolute Gasteiger partial charge is 0.239 e. The van der Waals surface area contributed by atoms with E-state index in [0.29, 0.717) is 6.42 Å². The van der Waals surface area contributed by atoms with E-state index in [1.54, 1.807) is 18.5 Å². The number of hydrogen-bond acceptors (Lipinski definition) is 7. The summed E-state index contributed by atoms with van der Waals surface area (Å²) in [4.78, 5) is 14.4. The van der Waals surface area contributed by atoms with Crippen LogP contribution in [0.25, 0.3) is 27.9 Å². The fourth-order valence-electron chi connectivity index (χ4n) is 6.30. The number of nitrogens with two attached hydrogens (primary N) is 1. The molecule has 0 amide bonds. The Morgan fingerprint density at radius 1 is 0.976 bits per heavy atom. The zero-order valence-electron chi connectivity index (χ0n) is 23.1. The number of benzene rings is 3. The van der Waals surface area contributed by atoms with Gasteiger partial charge in [-0.1, -0.05) is 61.0 Å². The number of pyridine rings is 1. The van der Waals surface area contributed by atoms with Crippen molar-refractivity contribution in [3.63, 3.8) is 0 Å². The molecule has 4 aromatic rings. The SMILES string of the molecule is Cc1ccc(S(=O)(=O)[O-])cc1CC1(C2=NC(c3ccc4ccc(-c5ccccc5)nc4c3)=C3C=NC=C[N+]23N)CCC1. The van der Waals surface area contributed by atoms with E-state index < -0.39 is 15.5 Å². The van der Waals surface area contributed by atoms with Crippen molar-refractivity contribution in [3.05, 3.63) is 114 Å². The maximum absolute atomic E-state index is 11.8. The van der Waals surface area contributed by atoms with E-state index in [9.17, 15) is 13.0 Å². The van der Waals surface area contributed by atoms with Gasteiger partial charge in [0, 0.05) is 16.5 Å². The lowest BCUT2D eigenvalue weighted by molar-refractivity contribution is -0.756. The van der Waals surface area contributed by atoms with Gasteiger partial charge < -0.3 is 4.55 Å². The summed E-state index contributed by atoms with van der Waals surface area (Å²) in [6, 6.07) is 24.9. The average molecular weight is 576 g/mol. The Balaban J connectivity index is 1.33. The molecular weight excluding hydrogens is 546 g/mol. The number of aliphatic imine (C=N–C) groups is 2. The van der Waals surface area contributed by atoms with Gasteiger partial charge in [-0.15, -0.1) is 4.59 Å². The first-order chi connectivity index (χ1) is 20.2. The van der Waals surface area contributed by atoms with Crippen molar-refractivity contribution < 1.29 is 17.6 Å². The molecule has 1 atom stereocenters. The summed E-state index contributed by atoms with van der Waals surface area (Å²) in [6.45, 7) is 1.93. The minimum absolute atomic E-state index is 0.0903. The van der Waals surface area contributed by atoms with Gasteiger partial charge in [0.2, 0.25) is 11.5 Å². The van der Waals surface area contributed by atoms with Gasteiger partial charge in [0.25, 0.3) is 0 Å². The summed E-state index contributed by atoms with van der Waals surface area (Å²) >= 11 is 0. The van der Waals surface area contributed by atoms with Gasteiger partial charge in [0.1, 0.15) is 22.0 Å². The maximum atomic E-state index is 11.8. The van der Waals surface area contributed by atoms with Crippen LogP contribution in [0.3, 0.4) is 0 Å². The van der Waals surface area contributed by atoms with Crippen LogP contribution >= 0.6 is 0 Å². The number of quaternary nitrogens is 1. The quantitative estimate of drug-likeness (QED) is 0.176. The van der Waals surface area contributed by atoms with Crippen LogP contribution in [-0.4, -0.2) is 34.6 Å². The topological polar surface area (TPSA) is 121 Å². The molecule has 0 saturated heterocycles. The van der Waals surface area contributed by atoms with Gasteiger partial charge >= 0.3 is 0 Å². The molecule has 0 bridgehead atoms. The summed E-state index contributed by atoms with van der Waals surface area (Å²) in [7, 11) is -4.57. The van der Waals surface area contributed by atoms with E-state index >= 15 is 0 Å². The summed E-state index contributed by atoms with van der Waals surface area (Å²) < 4.78 is 35.3. The largest absolute Gasteiger partial charge is 0.744 e. The average Bonchev–Trinajstić information content (AvgIpc) is 3.28. The van der Waals surface area contributed by atoms with Gasteiger partial charge in [-0.3, -0.25) is 4.99 Å². The monoisotopic (exact) mass is 575 g/mol. The first kappa shape index (κ1) is 26.6. The third kappa shape index (κ3) is 4.33. The number of amidine groups is 1. The van der Waals surface area contributed by atoms with Gasteiger partial charge in [-0.05, 0) is 61.6 Å². The Kier molecular flexibility index (Phi) is 6.11. The normalized spacial score (nSPS) is 20.9. The Morgan fingerprint density at radius 3 is 2.50 bits per heavy atom. The molecule has 1 fully saturated rings. The van der Waals surface area contributed by atoms with Crippen LogP contribution in [0, 0.1) is 12.3 Å². The zero-order chi connectivity index (χ0) is 29.1. The van der Waals surface area contributed by atoms with Gasteiger partial charge in [0.05, 0.1) is 33.9 Å². The van der Waals surface area contributed by atoms with E-state index in [0.717, 1.165) is 75.3 Å². The van der Waals surface area contributed by atoms with E-state index in [4.69, 9.17) is 15.8 Å². The number of rotatable bonds is 6. The van der Waals surface area contributed by atoms with Crippen LogP contribution in [0.4, 0.5) is 0 Å². The van der Waals surface area contributed by atoms with Crippen LogP contribution in [0.5, 0.6) is 0 Å². The Hall–Kier alpha value is -4.28. The molecule has 8 nitrogen and oxygen atoms in total. The second-order valence-electron chi connectivity index (χ2n) is 11.3. The van der Waals surface area contributed by atoms with E-state index in [-0.39, 0.29) is 9.49 Å². The van der Waals surface area contributed by atoms with Crippen LogP contribution in [0.2, 0.25) is 0 Å². The highest BCUT2D eigenvalue weighted by Gasteiger charge is 2.57. The number of fused-ring (bicyclic) bond motifs is 2. The molecule has 1 aromatic heterocycles. The molecule has 42 heavy (non-hydrogen) atoms. The van der Waals surface area contributed by atoms with Crippen molar-refractivity contribution in [2.24, 2.45) is 21.2 Å². The molecule has 2 aliphatic heterocycles. The Bertz CT molecular complexity index is 1990. The number of allylic oxidation sites excluding steroid dienone is 1. The lowest BCUT2D eigenvalue weighted by Crippen LogP contribution is -2.60. The van der Waals surface area contributed by atoms with Gasteiger partial charge in [0.15, 0.2) is 0 Å². The van der Waals surface area contributed by atoms with Crippen molar-refractivity contribution in [2.45, 2.75) is 37.5 Å². The number of nitrogens with zero attached hydrogens (tertiary/aromatic N) is 4. The standard InChI is InChI=1S/C33H29N5O3S/c1-22-8-12-27(42(39,40)41)18-26(22)20-33(14-5-15-33)32-37-31(30-21-35-16-17-38(30,32)34)25-10-9-24-11-13-28(36-29(24)19-25)23-6-3-2-4-7-23/h2-4,6-13,16-19,21H,5,14-15,20,34H2,1H3. The van der Waals surface area contributed by atoms with E-state index in [1.165, 1.54) is 12.1 Å². The molecule has 0 spiro atoms. The minimum atomic E-state index is -4.57. The number of hydrogen-bond donors (Lipinski definition) is 1. The lowest BCUT2D eigenvalue weighted by Gasteiger charge is -2.44. The second kappa shape index (κ2) is 9.64. The highest BCUT2D eigenvalue weighted by Crippen LogP contribution is 2.51. The molecule has 1 saturated carbocycles. The predicted molar refractivity (Wildman–Crippen MR) is 163 cm³/mol. The minimum Gasteiger partial charge on any atom is -0.744 e. The molecule has 3 heterocycles. The fraction of sp³-hybridized carbons (Fsp3) is 0.182. The highest BCUT2D eigenvalue weighted by atomic mass is 32.2. The molecule has 3 aliphatic rings. The third-order valence-electron chi connectivity index (χ3n) is 8.75. The Morgan fingerprint density at radius 2 is 1.76 bits per heavy atom. The van der Waals surface area contributed by atoms with E-state index in [2.05, 4.69) is 11.1 Å². The van der Waals surface area contributed by atoms with Crippen LogP contribution in [0.15, 0.2) is 112 Å². The molecule has 1 aliphatic carbocycles. The molecule has 3 aromatic carbocycles. The van der Waals surface area contributed by atoms with Gasteiger partial charge in [-0.2, -0.15) is 10.8 Å². The molecule has 9 heteroatoms. The third-order valence-corrected chi connectivity index (χ3v) is 9.58. The van der Waals surface area contributed by atoms with Crippen molar-refractivity contribution in [2.75, 3.05) is 0 Å². The number of aromatic nitrogens is 1. The van der Waals surface area contributed by atoms with Crippen molar-refractivity contribution in [1.29, 1.82) is 0 Å². The molecule has 210 valence electrons. The van der Waals surface area contributed by atoms with Crippen molar-refractivity contribution in [3.8, 4) is 11.3 Å². The Labute approximate surface area is 244 Å². The first-order valence-electron chi connectivity index (χ1n) is 13.9. The first-order valence-corrected chi connectivity index (χ1v) is 15.3. The van der Waals surface area contributed by atoms with Crippen LogP contribution < -0.4 is 5.84 Å². The maximum Gasteiger partial charge on any atom is 0.239 e. The lowest BCUT2D eigenvalue weighted by atomic mass is 9.63. The van der Waals surface area contributed by atoms with Crippen LogP contribution in [-0.2, 0) is 16.5 Å². The molecular formula is C33H29N5O3S. The molecule has 7 rings (SSSR count).